The van der Waals surface area contributed by atoms with Gasteiger partial charge in [0.2, 0.25) is 0 Å². The van der Waals surface area contributed by atoms with Gasteiger partial charge in [0, 0.05) is 5.75 Å². The Labute approximate surface area is 53.7 Å². The Bertz CT molecular complexity index is 73.3. The van der Waals surface area contributed by atoms with Crippen LogP contribution in [0, 0.1) is 0 Å². The van der Waals surface area contributed by atoms with Crippen molar-refractivity contribution in [1.29, 1.82) is 0 Å². The van der Waals surface area contributed by atoms with Crippen molar-refractivity contribution < 1.29 is 0 Å². The second-order valence-corrected chi connectivity index (χ2v) is 2.03. The van der Waals surface area contributed by atoms with Gasteiger partial charge >= 0.3 is 0 Å². The van der Waals surface area contributed by atoms with E-state index >= 15 is 0 Å². The first-order valence-electron chi connectivity index (χ1n) is 1.84. The third-order valence-corrected chi connectivity index (χ3v) is 1.26. The molecule has 7 heavy (non-hydrogen) atoms. The van der Waals surface area contributed by atoms with Crippen molar-refractivity contribution in [1.82, 2.24) is 0 Å². The quantitative estimate of drug-likeness (QED) is 0.355. The molecule has 0 aromatic heterocycles. The van der Waals surface area contributed by atoms with E-state index in [0.29, 0.717) is 10.7 Å². The molecule has 0 fully saturated rings. The highest BCUT2D eigenvalue weighted by molar-refractivity contribution is 7.81. The van der Waals surface area contributed by atoms with Crippen molar-refractivity contribution >= 4 is 29.8 Å². The highest BCUT2D eigenvalue weighted by Crippen LogP contribution is 1.80. The molecule has 4 N–H and O–H groups in total. The molecule has 0 bridgehead atoms. The molecule has 0 unspecified atom stereocenters. The summed E-state index contributed by atoms with van der Waals surface area (Å²) in [7, 11) is 0. The van der Waals surface area contributed by atoms with Gasteiger partial charge in [-0.3, -0.25) is 0 Å². The Morgan fingerprint density at radius 1 is 1.86 bits per heavy atom. The average molecular weight is 136 g/mol. The fraction of sp³-hybridized carbons (Fsp3) is 0.667. The van der Waals surface area contributed by atoms with Gasteiger partial charge in [0.25, 0.3) is 0 Å². The normalized spacial score (nSPS) is 13.4. The lowest BCUT2D eigenvalue weighted by molar-refractivity contribution is 0.999. The molecular formula is C3H8N2S2. The van der Waals surface area contributed by atoms with Gasteiger partial charge in [-0.2, -0.15) is 12.6 Å². The number of rotatable bonds is 2. The average Bonchev–Trinajstić information content (AvgIpc) is 1.65. The summed E-state index contributed by atoms with van der Waals surface area (Å²) in [6.07, 6.45) is 0. The second kappa shape index (κ2) is 3.23. The molecule has 0 radical (unpaired) electrons. The van der Waals surface area contributed by atoms with E-state index in [4.69, 9.17) is 11.5 Å². The zero-order valence-corrected chi connectivity index (χ0v) is 5.51. The van der Waals surface area contributed by atoms with Gasteiger partial charge in [-0.15, -0.1) is 0 Å². The summed E-state index contributed by atoms with van der Waals surface area (Å²) < 4.78 is 0. The Hall–Kier alpha value is 0.200. The van der Waals surface area contributed by atoms with Gasteiger partial charge < -0.3 is 11.5 Å². The highest BCUT2D eigenvalue weighted by Gasteiger charge is 1.98. The summed E-state index contributed by atoms with van der Waals surface area (Å²) in [6, 6.07) is -0.224. The number of nitrogens with two attached hydrogens (primary N) is 2. The van der Waals surface area contributed by atoms with E-state index in [9.17, 15) is 0 Å². The number of thiol groups is 1. The fourth-order valence-electron chi connectivity index (χ4n) is 0.0900. The minimum Gasteiger partial charge on any atom is -0.392 e. The van der Waals surface area contributed by atoms with E-state index in [0.717, 1.165) is 0 Å². The summed E-state index contributed by atoms with van der Waals surface area (Å²) >= 11 is 8.38. The van der Waals surface area contributed by atoms with Crippen LogP contribution in [0.4, 0.5) is 0 Å². The Morgan fingerprint density at radius 3 is 2.29 bits per heavy atom. The van der Waals surface area contributed by atoms with Gasteiger partial charge in [-0.05, 0) is 0 Å². The predicted octanol–water partition coefficient (Wildman–Crippen LogP) is -0.470. The molecule has 0 aliphatic rings. The van der Waals surface area contributed by atoms with Crippen LogP contribution in [0.25, 0.3) is 0 Å². The molecule has 42 valence electrons. The Balaban J connectivity index is 3.34. The Kier molecular flexibility index (Phi) is 3.33. The third-order valence-electron chi connectivity index (χ3n) is 0.562. The lowest BCUT2D eigenvalue weighted by atomic mass is 10.4. The van der Waals surface area contributed by atoms with E-state index in [2.05, 4.69) is 24.8 Å². The molecule has 0 aliphatic heterocycles. The van der Waals surface area contributed by atoms with Gasteiger partial charge in [0.1, 0.15) is 0 Å². The molecule has 2 nitrogen and oxygen atoms in total. The van der Waals surface area contributed by atoms with Crippen molar-refractivity contribution in [2.24, 2.45) is 11.5 Å². The molecule has 0 aromatic carbocycles. The van der Waals surface area contributed by atoms with Gasteiger partial charge in [0.15, 0.2) is 0 Å². The zero-order chi connectivity index (χ0) is 5.86. The van der Waals surface area contributed by atoms with E-state index < -0.39 is 0 Å². The van der Waals surface area contributed by atoms with Crippen molar-refractivity contribution in [3.63, 3.8) is 0 Å². The van der Waals surface area contributed by atoms with Crippen LogP contribution < -0.4 is 11.5 Å². The minimum absolute atomic E-state index is 0.224. The van der Waals surface area contributed by atoms with Crippen LogP contribution in [-0.2, 0) is 0 Å². The SMILES string of the molecule is NC(=S)[C@@H](N)CS. The van der Waals surface area contributed by atoms with Crippen LogP contribution in [0.5, 0.6) is 0 Å². The summed E-state index contributed by atoms with van der Waals surface area (Å²) in [5, 5.41) is 0. The van der Waals surface area contributed by atoms with Gasteiger partial charge in [-0.1, -0.05) is 12.2 Å². The number of hydrogen-bond donors (Lipinski definition) is 3. The lowest BCUT2D eigenvalue weighted by Gasteiger charge is -2.01. The van der Waals surface area contributed by atoms with Crippen molar-refractivity contribution in [2.75, 3.05) is 5.75 Å². The van der Waals surface area contributed by atoms with Crippen molar-refractivity contribution in [3.8, 4) is 0 Å². The van der Waals surface area contributed by atoms with Crippen LogP contribution in [-0.4, -0.2) is 16.8 Å². The molecular weight excluding hydrogens is 128 g/mol. The van der Waals surface area contributed by atoms with Crippen LogP contribution in [0.15, 0.2) is 0 Å². The smallest absolute Gasteiger partial charge is 0.0906 e. The molecule has 0 amide bonds. The van der Waals surface area contributed by atoms with Crippen molar-refractivity contribution in [2.45, 2.75) is 6.04 Å². The van der Waals surface area contributed by atoms with Crippen LogP contribution in [0.3, 0.4) is 0 Å². The molecule has 0 saturated carbocycles. The molecule has 0 saturated heterocycles. The van der Waals surface area contributed by atoms with E-state index in [1.54, 1.807) is 0 Å². The molecule has 0 spiro atoms. The van der Waals surface area contributed by atoms with Crippen LogP contribution >= 0.6 is 24.8 Å². The number of thiocarbonyl (C=S) groups is 1. The second-order valence-electron chi connectivity index (χ2n) is 1.19. The first-order chi connectivity index (χ1) is 3.18. The first kappa shape index (κ1) is 7.20. The monoisotopic (exact) mass is 136 g/mol. The largest absolute Gasteiger partial charge is 0.392 e. The molecule has 4 heteroatoms. The number of hydrogen-bond acceptors (Lipinski definition) is 3. The molecule has 0 aliphatic carbocycles. The summed E-state index contributed by atoms with van der Waals surface area (Å²) in [5.41, 5.74) is 10.4. The maximum atomic E-state index is 5.27. The fourth-order valence-corrected chi connectivity index (χ4v) is 0.494. The summed E-state index contributed by atoms with van der Waals surface area (Å²) in [4.78, 5) is 0.329. The summed E-state index contributed by atoms with van der Waals surface area (Å²) in [5.74, 6) is 0.523. The highest BCUT2D eigenvalue weighted by atomic mass is 32.1. The van der Waals surface area contributed by atoms with E-state index in [-0.39, 0.29) is 6.04 Å². The van der Waals surface area contributed by atoms with E-state index in [1.807, 2.05) is 0 Å². The first-order valence-corrected chi connectivity index (χ1v) is 2.88. The van der Waals surface area contributed by atoms with E-state index in [1.165, 1.54) is 0 Å². The molecule has 0 heterocycles. The molecule has 0 rings (SSSR count). The summed E-state index contributed by atoms with van der Waals surface area (Å²) in [6.45, 7) is 0. The lowest BCUT2D eigenvalue weighted by Crippen LogP contribution is -2.36. The molecule has 0 aromatic rings. The minimum atomic E-state index is -0.224. The Morgan fingerprint density at radius 2 is 2.29 bits per heavy atom. The van der Waals surface area contributed by atoms with Gasteiger partial charge in [0.05, 0.1) is 11.0 Å². The van der Waals surface area contributed by atoms with Crippen molar-refractivity contribution in [3.05, 3.63) is 0 Å². The standard InChI is InChI=1S/C3H8N2S2/c4-2(1-6)3(5)7/h2,6H,1,4H2,(H2,5,7)/t2-/m0/s1. The maximum absolute atomic E-state index is 5.27. The van der Waals surface area contributed by atoms with Crippen LogP contribution in [0.1, 0.15) is 0 Å². The third kappa shape index (κ3) is 2.85. The predicted molar refractivity (Wildman–Crippen MR) is 38.6 cm³/mol. The molecule has 1 atom stereocenters. The topological polar surface area (TPSA) is 52.0 Å². The maximum Gasteiger partial charge on any atom is 0.0906 e. The zero-order valence-electron chi connectivity index (χ0n) is 3.79. The van der Waals surface area contributed by atoms with Gasteiger partial charge in [-0.25, -0.2) is 0 Å². The van der Waals surface area contributed by atoms with Crippen LogP contribution in [0.2, 0.25) is 0 Å².